The van der Waals surface area contributed by atoms with Crippen molar-refractivity contribution in [2.24, 2.45) is 0 Å². The second-order valence-electron chi connectivity index (χ2n) is 8.64. The van der Waals surface area contributed by atoms with E-state index in [9.17, 15) is 0 Å². The third kappa shape index (κ3) is 4.16. The number of benzene rings is 1. The zero-order valence-electron chi connectivity index (χ0n) is 18.4. The number of hydrogen-bond donors (Lipinski definition) is 1. The van der Waals surface area contributed by atoms with E-state index in [1.54, 1.807) is 24.8 Å². The Morgan fingerprint density at radius 3 is 2.52 bits per heavy atom. The molecule has 1 aliphatic heterocycles. The average molecular weight is 446 g/mol. The Kier molecular flexibility index (Phi) is 5.39. The number of hydrogen-bond acceptors (Lipinski definition) is 8. The number of fused-ring (bicyclic) bond motifs is 2. The molecule has 1 saturated carbocycles. The summed E-state index contributed by atoms with van der Waals surface area (Å²) in [6.45, 7) is 3.23. The molecule has 1 saturated heterocycles. The Morgan fingerprint density at radius 2 is 1.67 bits per heavy atom. The maximum Gasteiger partial charge on any atom is 0.180 e. The van der Waals surface area contributed by atoms with E-state index in [1.165, 1.54) is 0 Å². The maximum absolute atomic E-state index is 6.54. The first-order valence-electron chi connectivity index (χ1n) is 11.6. The van der Waals surface area contributed by atoms with Crippen LogP contribution in [0.3, 0.4) is 0 Å². The molecule has 0 amide bonds. The fraction of sp³-hybridized carbons (Fsp3) is 0.417. The number of morpholine rings is 1. The molecule has 170 valence electrons. The highest BCUT2D eigenvalue weighted by Crippen LogP contribution is 2.33. The highest BCUT2D eigenvalue weighted by Gasteiger charge is 2.25. The van der Waals surface area contributed by atoms with E-state index >= 15 is 0 Å². The lowest BCUT2D eigenvalue weighted by atomic mass is 9.93. The summed E-state index contributed by atoms with van der Waals surface area (Å²) in [6.07, 6.45) is 15.0. The monoisotopic (exact) mass is 445 g/mol. The first-order chi connectivity index (χ1) is 16.3. The maximum atomic E-state index is 6.54. The topological polar surface area (TPSA) is 89.7 Å². The van der Waals surface area contributed by atoms with Gasteiger partial charge in [-0.3, -0.25) is 4.98 Å². The molecule has 4 heterocycles. The van der Waals surface area contributed by atoms with Crippen LogP contribution in [0.25, 0.3) is 16.7 Å². The lowest BCUT2D eigenvalue weighted by Gasteiger charge is -2.31. The molecule has 0 bridgehead atoms. The number of ether oxygens (including phenoxy) is 2. The van der Waals surface area contributed by atoms with Crippen LogP contribution in [0.4, 0.5) is 11.5 Å². The van der Waals surface area contributed by atoms with Crippen molar-refractivity contribution in [1.29, 1.82) is 0 Å². The van der Waals surface area contributed by atoms with Crippen molar-refractivity contribution in [3.05, 3.63) is 49.3 Å². The minimum absolute atomic E-state index is 0.156. The zero-order chi connectivity index (χ0) is 22.0. The summed E-state index contributed by atoms with van der Waals surface area (Å²) in [6, 6.07) is 4.58. The molecule has 9 nitrogen and oxygen atoms in total. The fourth-order valence-electron chi connectivity index (χ4n) is 4.78. The largest absolute Gasteiger partial charge is 0.488 e. The molecule has 3 aromatic heterocycles. The Hall–Kier alpha value is -3.46. The molecule has 1 N–H and O–H groups in total. The summed E-state index contributed by atoms with van der Waals surface area (Å²) < 4.78 is 14.0. The molecular formula is C24H27N7O2. The standard InChI is InChI=1S/C24H27N7O2/c1-3-19(4-2-17(1)29-23-24-28-8-10-31(24)9-7-27-23)33-21-16-18(30-11-13-32-14-12-30)15-20-22(21)26-6-5-25-20/h5-10,15-17,19H,1-4,11-14H2,(H,27,29)/t17-,19+. The first kappa shape index (κ1) is 20.2. The van der Waals surface area contributed by atoms with E-state index in [0.717, 1.165) is 85.9 Å². The van der Waals surface area contributed by atoms with Gasteiger partial charge in [-0.05, 0) is 31.7 Å². The van der Waals surface area contributed by atoms with Crippen LogP contribution in [0, 0.1) is 0 Å². The van der Waals surface area contributed by atoms with Crippen LogP contribution >= 0.6 is 0 Å². The van der Waals surface area contributed by atoms with Crippen molar-refractivity contribution in [2.45, 2.75) is 37.8 Å². The van der Waals surface area contributed by atoms with Gasteiger partial charge in [0.25, 0.3) is 0 Å². The minimum Gasteiger partial charge on any atom is -0.488 e. The number of rotatable bonds is 5. The Labute approximate surface area is 191 Å². The lowest BCUT2D eigenvalue weighted by Crippen LogP contribution is -2.36. The first-order valence-corrected chi connectivity index (χ1v) is 11.6. The average Bonchev–Trinajstić information content (AvgIpc) is 3.36. The van der Waals surface area contributed by atoms with E-state index in [2.05, 4.69) is 42.3 Å². The molecule has 9 heteroatoms. The van der Waals surface area contributed by atoms with Crippen LogP contribution in [0.15, 0.2) is 49.3 Å². The van der Waals surface area contributed by atoms with E-state index in [0.29, 0.717) is 6.04 Å². The van der Waals surface area contributed by atoms with Crippen LogP contribution in [0.2, 0.25) is 0 Å². The summed E-state index contributed by atoms with van der Waals surface area (Å²) >= 11 is 0. The molecule has 2 fully saturated rings. The molecule has 0 atom stereocenters. The number of nitrogens with zero attached hydrogens (tertiary/aromatic N) is 6. The Morgan fingerprint density at radius 1 is 0.879 bits per heavy atom. The van der Waals surface area contributed by atoms with Crippen molar-refractivity contribution >= 4 is 28.2 Å². The smallest absolute Gasteiger partial charge is 0.180 e. The van der Waals surface area contributed by atoms with Crippen molar-refractivity contribution < 1.29 is 9.47 Å². The molecular weight excluding hydrogens is 418 g/mol. The van der Waals surface area contributed by atoms with Gasteiger partial charge < -0.3 is 24.1 Å². The lowest BCUT2D eigenvalue weighted by molar-refractivity contribution is 0.122. The normalized spacial score (nSPS) is 21.4. The quantitative estimate of drug-likeness (QED) is 0.500. The second kappa shape index (κ2) is 8.82. The van der Waals surface area contributed by atoms with Gasteiger partial charge in [0.2, 0.25) is 0 Å². The van der Waals surface area contributed by atoms with Crippen LogP contribution < -0.4 is 15.0 Å². The fourth-order valence-corrected chi connectivity index (χ4v) is 4.78. The molecule has 4 aromatic rings. The summed E-state index contributed by atoms with van der Waals surface area (Å²) in [5.74, 6) is 1.66. The van der Waals surface area contributed by atoms with Gasteiger partial charge in [0.05, 0.1) is 24.8 Å². The molecule has 6 rings (SSSR count). The number of imidazole rings is 1. The van der Waals surface area contributed by atoms with Gasteiger partial charge in [-0.1, -0.05) is 0 Å². The summed E-state index contributed by atoms with van der Waals surface area (Å²) in [4.78, 5) is 20.4. The number of nitrogens with one attached hydrogen (secondary N) is 1. The van der Waals surface area contributed by atoms with Crippen molar-refractivity contribution in [1.82, 2.24) is 24.3 Å². The zero-order valence-corrected chi connectivity index (χ0v) is 18.4. The van der Waals surface area contributed by atoms with Gasteiger partial charge in [-0.15, -0.1) is 0 Å². The molecule has 0 radical (unpaired) electrons. The van der Waals surface area contributed by atoms with Gasteiger partial charge in [0, 0.05) is 68.1 Å². The van der Waals surface area contributed by atoms with E-state index < -0.39 is 0 Å². The number of anilines is 2. The highest BCUT2D eigenvalue weighted by molar-refractivity contribution is 5.85. The summed E-state index contributed by atoms with van der Waals surface area (Å²) in [5.41, 5.74) is 3.67. The Bertz CT molecular complexity index is 1250. The van der Waals surface area contributed by atoms with Crippen LogP contribution in [0.1, 0.15) is 25.7 Å². The van der Waals surface area contributed by atoms with Crippen molar-refractivity contribution in [2.75, 3.05) is 36.5 Å². The molecule has 1 aromatic carbocycles. The van der Waals surface area contributed by atoms with E-state index in [4.69, 9.17) is 9.47 Å². The summed E-state index contributed by atoms with van der Waals surface area (Å²) in [7, 11) is 0. The SMILES string of the molecule is c1cn2ccnc2c(N[C@H]2CC[C@@H](Oc3cc(N4CCOCC4)cc4nccnc34)CC2)n1. The van der Waals surface area contributed by atoms with Crippen LogP contribution in [-0.4, -0.2) is 62.8 Å². The second-order valence-corrected chi connectivity index (χ2v) is 8.64. The van der Waals surface area contributed by atoms with Gasteiger partial charge in [0.15, 0.2) is 11.5 Å². The van der Waals surface area contributed by atoms with Crippen LogP contribution in [0.5, 0.6) is 5.75 Å². The third-order valence-corrected chi connectivity index (χ3v) is 6.52. The molecule has 33 heavy (non-hydrogen) atoms. The van der Waals surface area contributed by atoms with Crippen LogP contribution in [-0.2, 0) is 4.74 Å². The molecule has 1 aliphatic carbocycles. The molecule has 0 spiro atoms. The van der Waals surface area contributed by atoms with Gasteiger partial charge in [-0.2, -0.15) is 0 Å². The van der Waals surface area contributed by atoms with Crippen molar-refractivity contribution in [3.63, 3.8) is 0 Å². The van der Waals surface area contributed by atoms with Crippen molar-refractivity contribution in [3.8, 4) is 5.75 Å². The minimum atomic E-state index is 0.156. The van der Waals surface area contributed by atoms with Gasteiger partial charge in [-0.25, -0.2) is 15.0 Å². The summed E-state index contributed by atoms with van der Waals surface area (Å²) in [5, 5.41) is 3.59. The van der Waals surface area contributed by atoms with Gasteiger partial charge in [0.1, 0.15) is 11.3 Å². The predicted molar refractivity (Wildman–Crippen MR) is 126 cm³/mol. The predicted octanol–water partition coefficient (Wildman–Crippen LogP) is 3.31. The highest BCUT2D eigenvalue weighted by atomic mass is 16.5. The van der Waals surface area contributed by atoms with E-state index in [1.807, 2.05) is 16.8 Å². The number of aromatic nitrogens is 5. The van der Waals surface area contributed by atoms with E-state index in [-0.39, 0.29) is 6.10 Å². The third-order valence-electron chi connectivity index (χ3n) is 6.52. The molecule has 0 unspecified atom stereocenters. The molecule has 2 aliphatic rings. The van der Waals surface area contributed by atoms with Gasteiger partial charge >= 0.3 is 0 Å². The Balaban J connectivity index is 1.16.